The van der Waals surface area contributed by atoms with Crippen molar-refractivity contribution in [3.8, 4) is 0 Å². The molecule has 2 aliphatic rings. The number of hydrogen-bond donors (Lipinski definition) is 3. The topological polar surface area (TPSA) is 110 Å². The number of β-amino-alcohol motifs (C(OH)–C–C–N with tert-alkyl or cyclic N) is 1. The number of aliphatic hydroxyl groups is 1. The molecule has 156 valence electrons. The first-order valence-corrected chi connectivity index (χ1v) is 10.0. The number of urea groups is 1. The molecule has 0 radical (unpaired) electrons. The Morgan fingerprint density at radius 2 is 2.20 bits per heavy atom. The van der Waals surface area contributed by atoms with Crippen molar-refractivity contribution in [1.82, 2.24) is 25.1 Å². The van der Waals surface area contributed by atoms with Gasteiger partial charge in [0.2, 0.25) is 5.95 Å². The summed E-state index contributed by atoms with van der Waals surface area (Å²) in [5.41, 5.74) is 1.76. The van der Waals surface area contributed by atoms with Crippen LogP contribution in [0.4, 0.5) is 21.0 Å². The van der Waals surface area contributed by atoms with Crippen LogP contribution in [0.15, 0.2) is 24.4 Å². The molecular formula is C19H19ClFN7O2. The Bertz CT molecular complexity index is 1120. The molecule has 11 heteroatoms. The second-order valence-electron chi connectivity index (χ2n) is 7.51. The van der Waals surface area contributed by atoms with Crippen LogP contribution < -0.4 is 10.2 Å². The van der Waals surface area contributed by atoms with E-state index in [-0.39, 0.29) is 31.0 Å². The molecule has 0 bridgehead atoms. The van der Waals surface area contributed by atoms with E-state index in [1.807, 2.05) is 4.90 Å². The zero-order valence-electron chi connectivity index (χ0n) is 15.8. The van der Waals surface area contributed by atoms with Gasteiger partial charge in [-0.2, -0.15) is 5.10 Å². The lowest BCUT2D eigenvalue weighted by molar-refractivity contribution is 0.0308. The normalized spacial score (nSPS) is 19.4. The third-order valence-electron chi connectivity index (χ3n) is 5.49. The molecule has 1 aromatic carbocycles. The van der Waals surface area contributed by atoms with Gasteiger partial charge in [-0.1, -0.05) is 11.6 Å². The molecule has 2 aromatic heterocycles. The van der Waals surface area contributed by atoms with Crippen LogP contribution in [0.1, 0.15) is 24.4 Å². The van der Waals surface area contributed by atoms with Crippen LogP contribution in [0.2, 0.25) is 5.02 Å². The minimum Gasteiger partial charge on any atom is -0.389 e. The first-order chi connectivity index (χ1) is 14.5. The maximum Gasteiger partial charge on any atom is 0.323 e. The Hall–Kier alpha value is -2.98. The molecule has 0 aliphatic carbocycles. The Balaban J connectivity index is 1.44. The average Bonchev–Trinajstić information content (AvgIpc) is 3.34. The van der Waals surface area contributed by atoms with Crippen molar-refractivity contribution in [2.75, 3.05) is 29.9 Å². The fourth-order valence-corrected chi connectivity index (χ4v) is 4.17. The SMILES string of the molecule is O=C(Nc1n[nH]c2cnc(N3CCC[C@@H]3c3cc(F)ccc3Cl)nc12)N1CC(O)C1. The second kappa shape index (κ2) is 7.37. The monoisotopic (exact) mass is 431 g/mol. The molecule has 4 heterocycles. The van der Waals surface area contributed by atoms with Gasteiger partial charge in [0, 0.05) is 11.6 Å². The van der Waals surface area contributed by atoms with Crippen molar-refractivity contribution in [3.63, 3.8) is 0 Å². The smallest absolute Gasteiger partial charge is 0.323 e. The highest BCUT2D eigenvalue weighted by Crippen LogP contribution is 2.38. The van der Waals surface area contributed by atoms with Gasteiger partial charge in [-0.3, -0.25) is 10.4 Å². The molecule has 2 aliphatic heterocycles. The fraction of sp³-hybridized carbons (Fsp3) is 0.368. The molecule has 2 amide bonds. The molecule has 0 spiro atoms. The van der Waals surface area contributed by atoms with E-state index in [1.54, 1.807) is 12.3 Å². The van der Waals surface area contributed by atoms with E-state index < -0.39 is 6.10 Å². The summed E-state index contributed by atoms with van der Waals surface area (Å²) in [4.78, 5) is 24.8. The van der Waals surface area contributed by atoms with Gasteiger partial charge in [0.1, 0.15) is 16.9 Å². The number of nitrogens with one attached hydrogen (secondary N) is 2. The van der Waals surface area contributed by atoms with Crippen LogP contribution in [0.25, 0.3) is 11.0 Å². The zero-order valence-corrected chi connectivity index (χ0v) is 16.6. The number of fused-ring (bicyclic) bond motifs is 1. The predicted octanol–water partition coefficient (Wildman–Crippen LogP) is 2.70. The first kappa shape index (κ1) is 19.0. The summed E-state index contributed by atoms with van der Waals surface area (Å²) >= 11 is 6.33. The molecule has 2 saturated heterocycles. The lowest BCUT2D eigenvalue weighted by Gasteiger charge is -2.35. The standard InChI is InChI=1S/C19H19ClFN7O2/c20-13-4-3-10(21)6-12(13)15-2-1-5-28(15)18-22-7-14-16(23-18)17(26-25-14)24-19(30)27-8-11(29)9-27/h3-4,6-7,11,15,29H,1-2,5,8-9H2,(H2,24,25,26,30)/t15-/m1/s1. The fourth-order valence-electron chi connectivity index (χ4n) is 3.93. The number of carbonyl (C=O) groups excluding carboxylic acids is 1. The van der Waals surface area contributed by atoms with Gasteiger partial charge in [-0.15, -0.1) is 0 Å². The Kier molecular flexibility index (Phi) is 4.67. The molecule has 5 rings (SSSR count). The second-order valence-corrected chi connectivity index (χ2v) is 7.92. The highest BCUT2D eigenvalue weighted by atomic mass is 35.5. The van der Waals surface area contributed by atoms with Crippen LogP contribution in [0, 0.1) is 5.82 Å². The maximum absolute atomic E-state index is 13.8. The number of likely N-dealkylation sites (tertiary alicyclic amines) is 1. The molecule has 0 unspecified atom stereocenters. The number of carbonyl (C=O) groups is 1. The lowest BCUT2D eigenvalue weighted by atomic mass is 10.0. The van der Waals surface area contributed by atoms with Crippen LogP contribution in [0.5, 0.6) is 0 Å². The van der Waals surface area contributed by atoms with Crippen molar-refractivity contribution < 1.29 is 14.3 Å². The summed E-state index contributed by atoms with van der Waals surface area (Å²) < 4.78 is 13.8. The van der Waals surface area contributed by atoms with E-state index in [9.17, 15) is 14.3 Å². The summed E-state index contributed by atoms with van der Waals surface area (Å²) in [7, 11) is 0. The van der Waals surface area contributed by atoms with E-state index in [0.717, 1.165) is 12.8 Å². The minimum atomic E-state index is -0.484. The van der Waals surface area contributed by atoms with Crippen molar-refractivity contribution in [3.05, 3.63) is 40.8 Å². The molecule has 0 saturated carbocycles. The maximum atomic E-state index is 13.8. The zero-order chi connectivity index (χ0) is 20.8. The van der Waals surface area contributed by atoms with Gasteiger partial charge < -0.3 is 14.9 Å². The molecular weight excluding hydrogens is 413 g/mol. The summed E-state index contributed by atoms with van der Waals surface area (Å²) in [6.45, 7) is 1.28. The van der Waals surface area contributed by atoms with Crippen LogP contribution >= 0.6 is 11.6 Å². The number of rotatable bonds is 3. The van der Waals surface area contributed by atoms with Crippen molar-refractivity contribution in [2.24, 2.45) is 0 Å². The largest absolute Gasteiger partial charge is 0.389 e. The van der Waals surface area contributed by atoms with Crippen molar-refractivity contribution in [1.29, 1.82) is 0 Å². The number of aliphatic hydroxyl groups excluding tert-OH is 1. The lowest BCUT2D eigenvalue weighted by Crippen LogP contribution is -2.54. The van der Waals surface area contributed by atoms with Gasteiger partial charge in [-0.05, 0) is 36.6 Å². The van der Waals surface area contributed by atoms with Gasteiger partial charge in [0.05, 0.1) is 31.4 Å². The molecule has 3 N–H and O–H groups in total. The highest BCUT2D eigenvalue weighted by Gasteiger charge is 2.31. The first-order valence-electron chi connectivity index (χ1n) is 9.66. The van der Waals surface area contributed by atoms with E-state index in [4.69, 9.17) is 11.6 Å². The van der Waals surface area contributed by atoms with Crippen LogP contribution in [0.3, 0.4) is 0 Å². The summed E-state index contributed by atoms with van der Waals surface area (Å²) in [6, 6.07) is 3.86. The Morgan fingerprint density at radius 3 is 3.00 bits per heavy atom. The highest BCUT2D eigenvalue weighted by molar-refractivity contribution is 6.31. The summed E-state index contributed by atoms with van der Waals surface area (Å²) in [5, 5.41) is 19.5. The number of benzene rings is 1. The van der Waals surface area contributed by atoms with E-state index >= 15 is 0 Å². The average molecular weight is 432 g/mol. The van der Waals surface area contributed by atoms with Gasteiger partial charge in [-0.25, -0.2) is 19.2 Å². The summed E-state index contributed by atoms with van der Waals surface area (Å²) in [6.07, 6.45) is 2.82. The van der Waals surface area contributed by atoms with Crippen LogP contribution in [-0.2, 0) is 0 Å². The van der Waals surface area contributed by atoms with Gasteiger partial charge in [0.25, 0.3) is 0 Å². The van der Waals surface area contributed by atoms with Crippen molar-refractivity contribution >= 4 is 40.4 Å². The number of hydrogen-bond acceptors (Lipinski definition) is 6. The number of anilines is 2. The Morgan fingerprint density at radius 1 is 1.37 bits per heavy atom. The number of H-pyrrole nitrogens is 1. The minimum absolute atomic E-state index is 0.141. The van der Waals surface area contributed by atoms with Crippen molar-refractivity contribution in [2.45, 2.75) is 25.0 Å². The number of aromatic amines is 1. The van der Waals surface area contributed by atoms with E-state index in [1.165, 1.54) is 17.0 Å². The number of amides is 2. The predicted molar refractivity (Wildman–Crippen MR) is 109 cm³/mol. The molecule has 1 atom stereocenters. The molecule has 30 heavy (non-hydrogen) atoms. The van der Waals surface area contributed by atoms with Gasteiger partial charge in [0.15, 0.2) is 5.82 Å². The third kappa shape index (κ3) is 3.31. The van der Waals surface area contributed by atoms with Crippen LogP contribution in [-0.4, -0.2) is 61.9 Å². The number of nitrogens with zero attached hydrogens (tertiary/aromatic N) is 5. The van der Waals surface area contributed by atoms with Gasteiger partial charge >= 0.3 is 6.03 Å². The molecule has 9 nitrogen and oxygen atoms in total. The molecule has 2 fully saturated rings. The van der Waals surface area contributed by atoms with E-state index in [2.05, 4.69) is 25.5 Å². The number of halogens is 2. The quantitative estimate of drug-likeness (QED) is 0.588. The summed E-state index contributed by atoms with van der Waals surface area (Å²) in [5.74, 6) is 0.412. The van der Waals surface area contributed by atoms with E-state index in [0.29, 0.717) is 39.9 Å². The third-order valence-corrected chi connectivity index (χ3v) is 5.83. The Labute approximate surface area is 175 Å². The number of aromatic nitrogens is 4. The molecule has 3 aromatic rings.